The maximum atomic E-state index is 9.18. The standard InChI is InChI=1S/C21H22N6OS.C21H22N6S.C16H21N7S.C15H19N7S.C14H17N7S/c28-13-10-23-21-25-17-15-6-7-16(14-4-2-1-3-5-14)24-20(15)29-18(17)19(26-21)27-11-8-22-9-12-27;1-26(2)21-24-17-15-8-9-16(14-6-4-3-5-7-14)23-20(15)28-18(17)19(25-21)27-12-10-22-11-13-27;1-17-16-20-12-10-4-5-11(22(2)3)19-15(10)24-13(12)14(21-16)23-8-6-18-7-9-23;1-16-10-4-3-9-11-12(23-14(9)19-10)13(21-15(17-2)20-11)22-7-5-18-6-8-22;1-20(2)10-4-3-9-11-12(22-14(9)16-10)13(18-19-17-11)21-7-5-15-6-8-21/h1-7,22,28H,8-13H2,(H,23,25,26);3-9,22H,10-13H2,1-2H3;4-5,18H,6-9H2,1-3H3,(H,17,20,21);3-4,18H,5-8H2,1-2H3,(H,16,19)(H,17,20,21);3-4,15H,5-8H2,1-2H3. The van der Waals surface area contributed by atoms with Gasteiger partial charge in [0, 0.05) is 239 Å². The first-order valence-electron chi connectivity index (χ1n) is 42.4. The van der Waals surface area contributed by atoms with Gasteiger partial charge in [0.1, 0.15) is 51.8 Å². The van der Waals surface area contributed by atoms with Crippen LogP contribution in [0.25, 0.3) is 125 Å². The second-order valence-electron chi connectivity index (χ2n) is 31.2. The third-order valence-corrected chi connectivity index (χ3v) is 27.7. The number of benzene rings is 2. The van der Waals surface area contributed by atoms with Crippen molar-refractivity contribution < 1.29 is 5.11 Å². The first-order valence-corrected chi connectivity index (χ1v) is 46.5. The van der Waals surface area contributed by atoms with E-state index in [1.807, 2.05) is 133 Å². The fourth-order valence-corrected chi connectivity index (χ4v) is 21.3. The predicted molar refractivity (Wildman–Crippen MR) is 525 cm³/mol. The van der Waals surface area contributed by atoms with Gasteiger partial charge in [-0.05, 0) is 65.9 Å². The van der Waals surface area contributed by atoms with E-state index in [0.717, 1.165) is 308 Å². The molecule has 0 bridgehead atoms. The minimum atomic E-state index is 0.0384. The molecule has 5 saturated heterocycles. The molecular formula is C87H101N33OS5. The van der Waals surface area contributed by atoms with Crippen LogP contribution in [0.2, 0.25) is 0 Å². The molecule has 5 aliphatic rings. The van der Waals surface area contributed by atoms with E-state index in [1.165, 1.54) is 0 Å². The molecule has 0 spiro atoms. The SMILES string of the molecule is CN(C)c1ccc2c(n1)sc1c(N3CCNCC3)nnnc12.CN(C)c1nc(N2CCNCC2)c2sc3nc(-c4ccccc4)ccc3c2n1.CNc1ccc2c(n1)sc1c(N3CCNCC3)nc(NC)nc12.CNc1nc(N2CCNCC2)c2sc3nc(N(C)C)ccc3c2n1.OCCNc1nc(N2CCNCC2)c2sc3nc(-c4ccccc4)ccc3c2n1. The smallest absolute Gasteiger partial charge is 0.227 e. The number of hydrogen-bond donors (Lipinski definition) is 10. The molecule has 0 saturated carbocycles. The van der Waals surface area contributed by atoms with Crippen molar-refractivity contribution in [2.75, 3.05) is 268 Å². The summed E-state index contributed by atoms with van der Waals surface area (Å²) in [7, 11) is 17.6. The molecule has 20 heterocycles. The molecule has 34 nitrogen and oxygen atoms in total. The van der Waals surface area contributed by atoms with Crippen LogP contribution in [0.4, 0.5) is 70.3 Å². The lowest BCUT2D eigenvalue weighted by molar-refractivity contribution is 0.311. The van der Waals surface area contributed by atoms with Gasteiger partial charge in [-0.25, -0.2) is 44.9 Å². The third kappa shape index (κ3) is 18.0. The topological polar surface area (TPSA) is 361 Å². The van der Waals surface area contributed by atoms with Gasteiger partial charge in [-0.15, -0.1) is 66.9 Å². The second-order valence-corrected chi connectivity index (χ2v) is 36.2. The summed E-state index contributed by atoms with van der Waals surface area (Å²) in [6.07, 6.45) is 0. The van der Waals surface area contributed by atoms with Crippen molar-refractivity contribution >= 4 is 229 Å². The molecule has 650 valence electrons. The molecule has 5 fully saturated rings. The van der Waals surface area contributed by atoms with Crippen LogP contribution in [0.15, 0.2) is 121 Å². The molecule has 2 aromatic carbocycles. The normalized spacial score (nSPS) is 15.0. The van der Waals surface area contributed by atoms with Gasteiger partial charge in [-0.2, -0.15) is 19.9 Å². The minimum Gasteiger partial charge on any atom is -0.395 e. The molecule has 22 rings (SSSR count). The molecule has 0 amide bonds. The Morgan fingerprint density at radius 1 is 0.325 bits per heavy atom. The van der Waals surface area contributed by atoms with Gasteiger partial charge in [0.05, 0.1) is 58.9 Å². The highest BCUT2D eigenvalue weighted by Crippen LogP contribution is 2.45. The van der Waals surface area contributed by atoms with E-state index in [4.69, 9.17) is 54.8 Å². The number of aliphatic hydroxyl groups excluding tert-OH is 1. The Balaban J connectivity index is 0.000000107. The number of aromatic nitrogens is 16. The van der Waals surface area contributed by atoms with Crippen LogP contribution in [-0.2, 0) is 0 Å². The number of pyridine rings is 5. The van der Waals surface area contributed by atoms with Crippen LogP contribution < -0.4 is 87.1 Å². The van der Waals surface area contributed by atoms with Gasteiger partial charge in [0.15, 0.2) is 29.1 Å². The summed E-state index contributed by atoms with van der Waals surface area (Å²) in [5.41, 5.74) is 8.97. The van der Waals surface area contributed by atoms with Crippen molar-refractivity contribution in [3.63, 3.8) is 0 Å². The van der Waals surface area contributed by atoms with Gasteiger partial charge in [0.2, 0.25) is 23.8 Å². The molecule has 0 atom stereocenters. The summed E-state index contributed by atoms with van der Waals surface area (Å²) in [5, 5.41) is 56.4. The number of piperazine rings is 5. The number of anilines is 12. The first kappa shape index (κ1) is 84.8. The van der Waals surface area contributed by atoms with Crippen molar-refractivity contribution in [2.45, 2.75) is 0 Å². The van der Waals surface area contributed by atoms with Crippen molar-refractivity contribution in [1.29, 1.82) is 0 Å². The Morgan fingerprint density at radius 3 is 1.06 bits per heavy atom. The summed E-state index contributed by atoms with van der Waals surface area (Å²) in [5.74, 6) is 10.3. The zero-order valence-corrected chi connectivity index (χ0v) is 75.9. The summed E-state index contributed by atoms with van der Waals surface area (Å²) in [4.78, 5) is 84.7. The van der Waals surface area contributed by atoms with Crippen molar-refractivity contribution in [3.8, 4) is 22.5 Å². The lowest BCUT2D eigenvalue weighted by Gasteiger charge is -2.29. The van der Waals surface area contributed by atoms with Gasteiger partial charge >= 0.3 is 0 Å². The molecule has 0 radical (unpaired) electrons. The zero-order chi connectivity index (χ0) is 86.3. The highest BCUT2D eigenvalue weighted by molar-refractivity contribution is 7.27. The number of nitrogens with zero attached hydrogens (tertiary/aromatic N) is 24. The maximum Gasteiger partial charge on any atom is 0.227 e. The van der Waals surface area contributed by atoms with E-state index in [1.54, 1.807) is 56.7 Å². The summed E-state index contributed by atoms with van der Waals surface area (Å²) >= 11 is 8.34. The number of fused-ring (bicyclic) bond motifs is 15. The zero-order valence-electron chi connectivity index (χ0n) is 71.8. The van der Waals surface area contributed by atoms with Gasteiger partial charge in [0.25, 0.3) is 0 Å². The Morgan fingerprint density at radius 2 is 0.667 bits per heavy atom. The van der Waals surface area contributed by atoms with Crippen LogP contribution in [0.5, 0.6) is 0 Å². The van der Waals surface area contributed by atoms with Crippen LogP contribution in [0.3, 0.4) is 0 Å². The first-order chi connectivity index (χ1) is 61.7. The molecule has 0 unspecified atom stereocenters. The highest BCUT2D eigenvalue weighted by atomic mass is 32.1. The maximum absolute atomic E-state index is 9.18. The fourth-order valence-electron chi connectivity index (χ4n) is 15.7. The van der Waals surface area contributed by atoms with Crippen molar-refractivity contribution in [2.24, 2.45) is 0 Å². The summed E-state index contributed by atoms with van der Waals surface area (Å²) in [6, 6.07) is 41.2. The monoisotopic (exact) mass is 1780 g/mol. The molecular weight excluding hydrogens is 1680 g/mol. The number of aliphatic hydroxyl groups is 1. The number of hydrogen-bond acceptors (Lipinski definition) is 39. The number of rotatable bonds is 16. The summed E-state index contributed by atoms with van der Waals surface area (Å²) < 4.78 is 5.50. The van der Waals surface area contributed by atoms with E-state index in [9.17, 15) is 5.11 Å². The Labute approximate surface area is 747 Å². The Bertz CT molecular complexity index is 6680. The van der Waals surface area contributed by atoms with E-state index in [-0.39, 0.29) is 6.61 Å². The van der Waals surface area contributed by atoms with E-state index < -0.39 is 0 Å². The average molecular weight is 1790 g/mol. The average Bonchev–Trinajstić information content (AvgIpc) is 1.63. The van der Waals surface area contributed by atoms with Gasteiger partial charge in [-0.3, -0.25) is 0 Å². The van der Waals surface area contributed by atoms with E-state index in [2.05, 4.69) is 164 Å². The number of thiophene rings is 5. The molecule has 39 heteroatoms. The molecule has 126 heavy (non-hydrogen) atoms. The van der Waals surface area contributed by atoms with Crippen LogP contribution in [-0.4, -0.2) is 293 Å². The fraction of sp³-hybridized carbons (Fsp3) is 0.356. The predicted octanol–water partition coefficient (Wildman–Crippen LogP) is 10.7. The Kier molecular flexibility index (Phi) is 25.9. The van der Waals surface area contributed by atoms with Crippen LogP contribution >= 0.6 is 56.7 Å². The highest BCUT2D eigenvalue weighted by Gasteiger charge is 2.28. The Hall–Kier alpha value is -12.0. The molecule has 0 aliphatic carbocycles. The third-order valence-electron chi connectivity index (χ3n) is 22.3. The molecule has 15 aromatic heterocycles. The van der Waals surface area contributed by atoms with Crippen molar-refractivity contribution in [1.82, 2.24) is 107 Å². The quantitative estimate of drug-likeness (QED) is 0.0429. The lowest BCUT2D eigenvalue weighted by atomic mass is 10.1. The van der Waals surface area contributed by atoms with Gasteiger partial charge in [-0.1, -0.05) is 60.7 Å². The van der Waals surface area contributed by atoms with Crippen LogP contribution in [0, 0.1) is 0 Å². The van der Waals surface area contributed by atoms with Crippen LogP contribution in [0.1, 0.15) is 0 Å². The summed E-state index contributed by atoms with van der Waals surface area (Å²) in [6.45, 7) is 19.6. The lowest BCUT2D eigenvalue weighted by Crippen LogP contribution is -2.44. The van der Waals surface area contributed by atoms with Gasteiger partial charge < -0.3 is 92.2 Å². The molecule has 10 N–H and O–H groups in total. The molecule has 17 aromatic rings. The van der Waals surface area contributed by atoms with E-state index >= 15 is 0 Å². The van der Waals surface area contributed by atoms with E-state index in [0.29, 0.717) is 24.4 Å². The van der Waals surface area contributed by atoms with Crippen molar-refractivity contribution in [3.05, 3.63) is 121 Å². The second kappa shape index (κ2) is 38.4. The number of nitrogens with one attached hydrogen (secondary N) is 9. The molecule has 5 aliphatic heterocycles. The largest absolute Gasteiger partial charge is 0.395 e. The minimum absolute atomic E-state index is 0.0384.